The SMILES string of the molecule is CN(C)Cc1ccccc1CNC(=O)CC1(CN)CCCCC1. The molecule has 1 saturated carbocycles. The lowest BCUT2D eigenvalue weighted by Gasteiger charge is -2.35. The molecule has 0 heterocycles. The van der Waals surface area contributed by atoms with Crippen molar-refractivity contribution in [1.82, 2.24) is 10.2 Å². The Kier molecular flexibility index (Phi) is 6.60. The Morgan fingerprint density at radius 3 is 2.43 bits per heavy atom. The number of carbonyl (C=O) groups excluding carboxylic acids is 1. The Labute approximate surface area is 140 Å². The topological polar surface area (TPSA) is 58.4 Å². The van der Waals surface area contributed by atoms with Gasteiger partial charge in [-0.3, -0.25) is 4.79 Å². The van der Waals surface area contributed by atoms with Crippen LogP contribution in [0.3, 0.4) is 0 Å². The lowest BCUT2D eigenvalue weighted by Crippen LogP contribution is -2.38. The first-order valence-electron chi connectivity index (χ1n) is 8.73. The van der Waals surface area contributed by atoms with Crippen molar-refractivity contribution in [3.63, 3.8) is 0 Å². The van der Waals surface area contributed by atoms with Crippen LogP contribution in [0.5, 0.6) is 0 Å². The van der Waals surface area contributed by atoms with E-state index in [0.717, 1.165) is 19.4 Å². The molecule has 1 aliphatic carbocycles. The van der Waals surface area contributed by atoms with E-state index in [1.807, 2.05) is 6.07 Å². The monoisotopic (exact) mass is 317 g/mol. The van der Waals surface area contributed by atoms with Crippen LogP contribution >= 0.6 is 0 Å². The summed E-state index contributed by atoms with van der Waals surface area (Å²) < 4.78 is 0. The highest BCUT2D eigenvalue weighted by atomic mass is 16.1. The van der Waals surface area contributed by atoms with Crippen molar-refractivity contribution in [2.75, 3.05) is 20.6 Å². The van der Waals surface area contributed by atoms with Crippen molar-refractivity contribution in [2.24, 2.45) is 11.1 Å². The number of nitrogens with two attached hydrogens (primary N) is 1. The van der Waals surface area contributed by atoms with Crippen LogP contribution in [-0.2, 0) is 17.9 Å². The smallest absolute Gasteiger partial charge is 0.220 e. The van der Waals surface area contributed by atoms with Crippen LogP contribution < -0.4 is 11.1 Å². The molecule has 0 bridgehead atoms. The normalized spacial score (nSPS) is 17.2. The minimum atomic E-state index is 0.0332. The lowest BCUT2D eigenvalue weighted by atomic mass is 9.71. The van der Waals surface area contributed by atoms with Gasteiger partial charge in [-0.25, -0.2) is 0 Å². The zero-order valence-corrected chi connectivity index (χ0v) is 14.6. The largest absolute Gasteiger partial charge is 0.352 e. The molecular weight excluding hydrogens is 286 g/mol. The van der Waals surface area contributed by atoms with E-state index >= 15 is 0 Å². The van der Waals surface area contributed by atoms with Crippen LogP contribution in [0, 0.1) is 5.41 Å². The molecule has 4 nitrogen and oxygen atoms in total. The molecule has 1 aromatic carbocycles. The fourth-order valence-corrected chi connectivity index (χ4v) is 3.58. The first-order valence-corrected chi connectivity index (χ1v) is 8.73. The number of hydrogen-bond donors (Lipinski definition) is 2. The number of carbonyl (C=O) groups is 1. The van der Waals surface area contributed by atoms with E-state index in [4.69, 9.17) is 5.73 Å². The van der Waals surface area contributed by atoms with E-state index in [0.29, 0.717) is 19.5 Å². The molecule has 0 unspecified atom stereocenters. The van der Waals surface area contributed by atoms with Gasteiger partial charge in [0.25, 0.3) is 0 Å². The summed E-state index contributed by atoms with van der Waals surface area (Å²) in [7, 11) is 4.12. The maximum absolute atomic E-state index is 12.4. The van der Waals surface area contributed by atoms with Crippen molar-refractivity contribution in [1.29, 1.82) is 0 Å². The van der Waals surface area contributed by atoms with Crippen molar-refractivity contribution in [3.8, 4) is 0 Å². The van der Waals surface area contributed by atoms with E-state index in [1.54, 1.807) is 0 Å². The molecule has 0 aliphatic heterocycles. The Hall–Kier alpha value is -1.39. The van der Waals surface area contributed by atoms with Gasteiger partial charge in [0.2, 0.25) is 5.91 Å². The molecule has 1 aromatic rings. The quantitative estimate of drug-likeness (QED) is 0.813. The highest BCUT2D eigenvalue weighted by Gasteiger charge is 2.32. The Bertz CT molecular complexity index is 507. The van der Waals surface area contributed by atoms with Crippen molar-refractivity contribution in [3.05, 3.63) is 35.4 Å². The van der Waals surface area contributed by atoms with Crippen LogP contribution in [0.4, 0.5) is 0 Å². The molecule has 0 saturated heterocycles. The molecule has 0 aromatic heterocycles. The highest BCUT2D eigenvalue weighted by molar-refractivity contribution is 5.76. The number of nitrogens with one attached hydrogen (secondary N) is 1. The minimum absolute atomic E-state index is 0.0332. The molecule has 0 radical (unpaired) electrons. The summed E-state index contributed by atoms with van der Waals surface area (Å²) in [4.78, 5) is 14.6. The second kappa shape index (κ2) is 8.46. The average molecular weight is 317 g/mol. The second-order valence-corrected chi connectivity index (χ2v) is 7.22. The van der Waals surface area contributed by atoms with Gasteiger partial charge in [0.1, 0.15) is 0 Å². The van der Waals surface area contributed by atoms with Crippen LogP contribution in [0.25, 0.3) is 0 Å². The standard InChI is InChI=1S/C19H31N3O/c1-22(2)14-17-9-5-4-8-16(17)13-21-18(23)12-19(15-20)10-6-3-7-11-19/h4-5,8-9H,3,6-7,10-15,20H2,1-2H3,(H,21,23). The Morgan fingerprint density at radius 2 is 1.83 bits per heavy atom. The van der Waals surface area contributed by atoms with E-state index < -0.39 is 0 Å². The number of amides is 1. The predicted octanol–water partition coefficient (Wildman–Crippen LogP) is 2.66. The van der Waals surface area contributed by atoms with Crippen molar-refractivity contribution in [2.45, 2.75) is 51.6 Å². The highest BCUT2D eigenvalue weighted by Crippen LogP contribution is 2.38. The number of rotatable bonds is 7. The zero-order valence-electron chi connectivity index (χ0n) is 14.6. The van der Waals surface area contributed by atoms with Gasteiger partial charge in [-0.15, -0.1) is 0 Å². The zero-order chi connectivity index (χ0) is 16.7. The molecule has 23 heavy (non-hydrogen) atoms. The van der Waals surface area contributed by atoms with Crippen molar-refractivity contribution >= 4 is 5.91 Å². The lowest BCUT2D eigenvalue weighted by molar-refractivity contribution is -0.124. The molecule has 0 atom stereocenters. The first kappa shape index (κ1) is 18.0. The Balaban J connectivity index is 1.91. The first-order chi connectivity index (χ1) is 11.0. The molecule has 3 N–H and O–H groups in total. The van der Waals surface area contributed by atoms with Gasteiger partial charge in [0.15, 0.2) is 0 Å². The summed E-state index contributed by atoms with van der Waals surface area (Å²) in [6.07, 6.45) is 6.44. The summed E-state index contributed by atoms with van der Waals surface area (Å²) in [5.74, 6) is 0.136. The molecular formula is C19H31N3O. The summed E-state index contributed by atoms with van der Waals surface area (Å²) in [6, 6.07) is 8.31. The van der Waals surface area contributed by atoms with Gasteiger partial charge >= 0.3 is 0 Å². The summed E-state index contributed by atoms with van der Waals surface area (Å²) in [6.45, 7) is 2.11. The van der Waals surface area contributed by atoms with Crippen LogP contribution in [0.1, 0.15) is 49.7 Å². The number of benzene rings is 1. The fraction of sp³-hybridized carbons (Fsp3) is 0.632. The van der Waals surface area contributed by atoms with Gasteiger partial charge < -0.3 is 16.0 Å². The van der Waals surface area contributed by atoms with E-state index in [2.05, 4.69) is 42.5 Å². The maximum atomic E-state index is 12.4. The van der Waals surface area contributed by atoms with E-state index in [-0.39, 0.29) is 11.3 Å². The van der Waals surface area contributed by atoms with Gasteiger partial charge in [0, 0.05) is 19.5 Å². The van der Waals surface area contributed by atoms with Crippen molar-refractivity contribution < 1.29 is 4.79 Å². The Morgan fingerprint density at radius 1 is 1.17 bits per heavy atom. The summed E-state index contributed by atoms with van der Waals surface area (Å²) >= 11 is 0. The number of hydrogen-bond acceptors (Lipinski definition) is 3. The van der Waals surface area contributed by atoms with Gasteiger partial charge in [-0.05, 0) is 50.0 Å². The molecule has 0 spiro atoms. The minimum Gasteiger partial charge on any atom is -0.352 e. The molecule has 2 rings (SSSR count). The molecule has 1 amide bonds. The van der Waals surface area contributed by atoms with Crippen LogP contribution in [0.15, 0.2) is 24.3 Å². The third-order valence-electron chi connectivity index (χ3n) is 4.96. The summed E-state index contributed by atoms with van der Waals surface area (Å²) in [5, 5.41) is 3.11. The van der Waals surface area contributed by atoms with Gasteiger partial charge in [-0.1, -0.05) is 43.5 Å². The second-order valence-electron chi connectivity index (χ2n) is 7.22. The molecule has 1 aliphatic rings. The van der Waals surface area contributed by atoms with Gasteiger partial charge in [0.05, 0.1) is 0 Å². The van der Waals surface area contributed by atoms with Crippen LogP contribution in [0.2, 0.25) is 0 Å². The van der Waals surface area contributed by atoms with Gasteiger partial charge in [-0.2, -0.15) is 0 Å². The molecule has 1 fully saturated rings. The molecule has 128 valence electrons. The van der Waals surface area contributed by atoms with E-state index in [1.165, 1.54) is 30.4 Å². The van der Waals surface area contributed by atoms with E-state index in [9.17, 15) is 4.79 Å². The van der Waals surface area contributed by atoms with Crippen LogP contribution in [-0.4, -0.2) is 31.4 Å². The molecule has 4 heteroatoms. The third kappa shape index (κ3) is 5.33. The average Bonchev–Trinajstić information content (AvgIpc) is 2.54. The summed E-state index contributed by atoms with van der Waals surface area (Å²) in [5.41, 5.74) is 8.48. The number of nitrogens with zero attached hydrogens (tertiary/aromatic N) is 1. The third-order valence-corrected chi connectivity index (χ3v) is 4.96. The predicted molar refractivity (Wildman–Crippen MR) is 94.9 cm³/mol. The maximum Gasteiger partial charge on any atom is 0.220 e. The fourth-order valence-electron chi connectivity index (χ4n) is 3.58.